The summed E-state index contributed by atoms with van der Waals surface area (Å²) < 4.78 is 23.3. The third-order valence-corrected chi connectivity index (χ3v) is 4.87. The first-order chi connectivity index (χ1) is 13.6. The third-order valence-electron chi connectivity index (χ3n) is 4.87. The normalized spacial score (nSPS) is 14.7. The Morgan fingerprint density at radius 3 is 2.57 bits per heavy atom. The maximum Gasteiger partial charge on any atom is 0.257 e. The predicted molar refractivity (Wildman–Crippen MR) is 101 cm³/mol. The molecule has 150 valence electrons. The zero-order chi connectivity index (χ0) is 19.8. The largest absolute Gasteiger partial charge is 0.494 e. The molecule has 28 heavy (non-hydrogen) atoms. The van der Waals surface area contributed by atoms with Crippen molar-refractivity contribution in [2.45, 2.75) is 25.7 Å². The first-order valence-electron chi connectivity index (χ1n) is 9.61. The molecule has 0 atom stereocenters. The third kappa shape index (κ3) is 5.58. The molecule has 0 spiro atoms. The summed E-state index contributed by atoms with van der Waals surface area (Å²) in [4.78, 5) is 26.3. The number of nitrogens with zero attached hydrogens (tertiary/aromatic N) is 1. The van der Waals surface area contributed by atoms with Crippen molar-refractivity contribution in [3.05, 3.63) is 54.2 Å². The molecule has 1 fully saturated rings. The molecule has 1 saturated heterocycles. The summed E-state index contributed by atoms with van der Waals surface area (Å²) >= 11 is 0. The molecule has 1 aliphatic heterocycles. The average Bonchev–Trinajstić information content (AvgIpc) is 3.26. The maximum absolute atomic E-state index is 12.8. The van der Waals surface area contributed by atoms with Gasteiger partial charge in [0.1, 0.15) is 17.8 Å². The van der Waals surface area contributed by atoms with Crippen LogP contribution in [0, 0.1) is 11.7 Å². The van der Waals surface area contributed by atoms with E-state index in [-0.39, 0.29) is 23.5 Å². The number of carbonyl (C=O) groups is 2. The lowest BCUT2D eigenvalue weighted by molar-refractivity contribution is -0.126. The molecule has 0 aliphatic carbocycles. The molecule has 6 nitrogen and oxygen atoms in total. The van der Waals surface area contributed by atoms with Crippen LogP contribution in [0.5, 0.6) is 5.75 Å². The molecule has 7 heteroatoms. The van der Waals surface area contributed by atoms with Crippen LogP contribution in [0.3, 0.4) is 0 Å². The summed E-state index contributed by atoms with van der Waals surface area (Å²) in [5, 5.41) is 2.97. The van der Waals surface area contributed by atoms with E-state index in [1.54, 1.807) is 23.1 Å². The molecular formula is C21H25FN2O4. The molecule has 2 heterocycles. The van der Waals surface area contributed by atoms with Crippen molar-refractivity contribution in [2.75, 3.05) is 26.2 Å². The number of nitrogens with one attached hydrogen (secondary N) is 1. The van der Waals surface area contributed by atoms with Crippen LogP contribution >= 0.6 is 0 Å². The van der Waals surface area contributed by atoms with Crippen LogP contribution in [-0.2, 0) is 4.79 Å². The van der Waals surface area contributed by atoms with Crippen LogP contribution in [0.25, 0.3) is 0 Å². The molecule has 3 rings (SSSR count). The molecular weight excluding hydrogens is 363 g/mol. The Hall–Kier alpha value is -2.83. The number of hydrogen-bond donors (Lipinski definition) is 1. The van der Waals surface area contributed by atoms with Crippen LogP contribution < -0.4 is 10.1 Å². The van der Waals surface area contributed by atoms with E-state index in [9.17, 15) is 14.0 Å². The molecule has 1 N–H and O–H groups in total. The summed E-state index contributed by atoms with van der Waals surface area (Å²) in [6, 6.07) is 7.58. The van der Waals surface area contributed by atoms with E-state index in [1.165, 1.54) is 24.7 Å². The minimum atomic E-state index is -0.285. The minimum absolute atomic E-state index is 0.0474. The number of halogens is 1. The lowest BCUT2D eigenvalue weighted by atomic mass is 9.95. The van der Waals surface area contributed by atoms with Crippen LogP contribution in [0.4, 0.5) is 4.39 Å². The van der Waals surface area contributed by atoms with Gasteiger partial charge in [0, 0.05) is 25.6 Å². The minimum Gasteiger partial charge on any atom is -0.494 e. The summed E-state index contributed by atoms with van der Waals surface area (Å²) in [6.07, 6.45) is 5.88. The number of furan rings is 1. The Balaban J connectivity index is 1.27. The first kappa shape index (κ1) is 19.9. The molecule has 1 aromatic heterocycles. The van der Waals surface area contributed by atoms with Gasteiger partial charge in [-0.3, -0.25) is 9.59 Å². The van der Waals surface area contributed by atoms with Gasteiger partial charge in [-0.15, -0.1) is 0 Å². The van der Waals surface area contributed by atoms with E-state index in [0.717, 1.165) is 12.8 Å². The molecule has 0 saturated carbocycles. The van der Waals surface area contributed by atoms with Crippen LogP contribution in [0.15, 0.2) is 47.3 Å². The zero-order valence-electron chi connectivity index (χ0n) is 15.7. The van der Waals surface area contributed by atoms with Gasteiger partial charge >= 0.3 is 0 Å². The monoisotopic (exact) mass is 388 g/mol. The molecule has 0 unspecified atom stereocenters. The smallest absolute Gasteiger partial charge is 0.257 e. The molecule has 2 amide bonds. The van der Waals surface area contributed by atoms with Crippen molar-refractivity contribution in [3.63, 3.8) is 0 Å². The second-order valence-corrected chi connectivity index (χ2v) is 6.88. The van der Waals surface area contributed by atoms with Gasteiger partial charge in [-0.05, 0) is 56.0 Å². The molecule has 1 aliphatic rings. The molecule has 0 bridgehead atoms. The van der Waals surface area contributed by atoms with Crippen molar-refractivity contribution in [3.8, 4) is 5.75 Å². The number of amides is 2. The Kier molecular flexibility index (Phi) is 7.06. The quantitative estimate of drug-likeness (QED) is 0.705. The van der Waals surface area contributed by atoms with Crippen molar-refractivity contribution < 1.29 is 23.1 Å². The summed E-state index contributed by atoms with van der Waals surface area (Å²) in [5.41, 5.74) is 0.547. The van der Waals surface area contributed by atoms with E-state index in [2.05, 4.69) is 5.32 Å². The molecule has 1 aromatic carbocycles. The second kappa shape index (κ2) is 9.92. The number of benzene rings is 1. The van der Waals surface area contributed by atoms with E-state index in [4.69, 9.17) is 9.15 Å². The number of piperidine rings is 1. The summed E-state index contributed by atoms with van der Waals surface area (Å²) in [5.74, 6) is 0.307. The first-order valence-corrected chi connectivity index (χ1v) is 9.61. The van der Waals surface area contributed by atoms with Gasteiger partial charge < -0.3 is 19.4 Å². The topological polar surface area (TPSA) is 71.8 Å². The highest BCUT2D eigenvalue weighted by atomic mass is 19.1. The van der Waals surface area contributed by atoms with Crippen molar-refractivity contribution >= 4 is 11.8 Å². The fraction of sp³-hybridized carbons (Fsp3) is 0.429. The van der Waals surface area contributed by atoms with Gasteiger partial charge in [0.15, 0.2) is 0 Å². The number of likely N-dealkylation sites (tertiary alicyclic amines) is 1. The van der Waals surface area contributed by atoms with Crippen LogP contribution in [0.2, 0.25) is 0 Å². The fourth-order valence-electron chi connectivity index (χ4n) is 3.22. The number of ether oxygens (including phenoxy) is 1. The fourth-order valence-corrected chi connectivity index (χ4v) is 3.22. The van der Waals surface area contributed by atoms with Gasteiger partial charge in [-0.2, -0.15) is 0 Å². The Morgan fingerprint density at radius 2 is 1.89 bits per heavy atom. The Labute approximate surface area is 163 Å². The molecule has 0 radical (unpaired) electrons. The van der Waals surface area contributed by atoms with Crippen LogP contribution in [0.1, 0.15) is 36.0 Å². The second-order valence-electron chi connectivity index (χ2n) is 6.88. The van der Waals surface area contributed by atoms with E-state index in [0.29, 0.717) is 50.4 Å². The lowest BCUT2D eigenvalue weighted by Crippen LogP contribution is -2.43. The predicted octanol–water partition coefficient (Wildman–Crippen LogP) is 3.25. The molecule has 2 aromatic rings. The van der Waals surface area contributed by atoms with E-state index in [1.807, 2.05) is 0 Å². The van der Waals surface area contributed by atoms with Gasteiger partial charge in [-0.25, -0.2) is 4.39 Å². The van der Waals surface area contributed by atoms with Crippen molar-refractivity contribution in [1.29, 1.82) is 0 Å². The number of hydrogen-bond acceptors (Lipinski definition) is 4. The Morgan fingerprint density at radius 1 is 1.14 bits per heavy atom. The maximum atomic E-state index is 12.8. The standard InChI is InChI=1S/C21H25FN2O4/c22-18-3-5-19(6-4-18)28-13-2-1-10-23-20(25)16-7-11-24(12-8-16)21(26)17-9-14-27-15-17/h3-6,9,14-16H,1-2,7-8,10-13H2,(H,23,25). The zero-order valence-corrected chi connectivity index (χ0v) is 15.7. The lowest BCUT2D eigenvalue weighted by Gasteiger charge is -2.31. The highest BCUT2D eigenvalue weighted by Gasteiger charge is 2.27. The summed E-state index contributed by atoms with van der Waals surface area (Å²) in [6.45, 7) is 2.27. The number of rotatable bonds is 8. The van der Waals surface area contributed by atoms with Crippen LogP contribution in [-0.4, -0.2) is 43.0 Å². The Bertz CT molecular complexity index is 753. The van der Waals surface area contributed by atoms with Gasteiger partial charge in [-0.1, -0.05) is 0 Å². The highest BCUT2D eigenvalue weighted by molar-refractivity contribution is 5.94. The van der Waals surface area contributed by atoms with E-state index < -0.39 is 0 Å². The SMILES string of the molecule is O=C(NCCCCOc1ccc(F)cc1)C1CCN(C(=O)c2ccoc2)CC1. The van der Waals surface area contributed by atoms with Gasteiger partial charge in [0.05, 0.1) is 18.4 Å². The average molecular weight is 388 g/mol. The van der Waals surface area contributed by atoms with Crippen molar-refractivity contribution in [2.24, 2.45) is 5.92 Å². The van der Waals surface area contributed by atoms with Crippen molar-refractivity contribution in [1.82, 2.24) is 10.2 Å². The number of carbonyl (C=O) groups excluding carboxylic acids is 2. The van der Waals surface area contributed by atoms with E-state index >= 15 is 0 Å². The van der Waals surface area contributed by atoms with Gasteiger partial charge in [0.25, 0.3) is 5.91 Å². The summed E-state index contributed by atoms with van der Waals surface area (Å²) in [7, 11) is 0. The highest BCUT2D eigenvalue weighted by Crippen LogP contribution is 2.19. The van der Waals surface area contributed by atoms with Gasteiger partial charge in [0.2, 0.25) is 5.91 Å². The number of unbranched alkanes of at least 4 members (excludes halogenated alkanes) is 1.